The highest BCUT2D eigenvalue weighted by molar-refractivity contribution is 6.09. The Balaban J connectivity index is 1.98. The van der Waals surface area contributed by atoms with E-state index in [1.54, 1.807) is 4.90 Å². The lowest BCUT2D eigenvalue weighted by Crippen LogP contribution is -2.37. The van der Waals surface area contributed by atoms with Crippen LogP contribution in [0.5, 0.6) is 0 Å². The summed E-state index contributed by atoms with van der Waals surface area (Å²) in [6.45, 7) is 1.73. The molecule has 2 aromatic rings. The molecule has 7 nitrogen and oxygen atoms in total. The molecule has 0 atom stereocenters. The van der Waals surface area contributed by atoms with Crippen LogP contribution in [0.25, 0.3) is 0 Å². The van der Waals surface area contributed by atoms with E-state index in [2.05, 4.69) is 5.32 Å². The second-order valence-corrected chi connectivity index (χ2v) is 6.06. The number of nitrogens with one attached hydrogen (secondary N) is 1. The van der Waals surface area contributed by atoms with E-state index in [1.807, 2.05) is 0 Å². The minimum Gasteiger partial charge on any atom is -0.378 e. The lowest BCUT2D eigenvalue weighted by atomic mass is 10.1. The van der Waals surface area contributed by atoms with Gasteiger partial charge in [-0.2, -0.15) is 13.2 Å². The van der Waals surface area contributed by atoms with Gasteiger partial charge < -0.3 is 15.0 Å². The van der Waals surface area contributed by atoms with Gasteiger partial charge in [-0.05, 0) is 18.2 Å². The minimum atomic E-state index is -4.65. The standard InChI is InChI=1S/C18H16F3N3O4/c19-18(20,21)14-3-1-2-4-15(14)22-17(25)13-11-12(24(26)27)5-6-16(13)23-7-9-28-10-8-23/h1-6,11H,7-10H2,(H,22,25). The Morgan fingerprint density at radius 2 is 1.82 bits per heavy atom. The second-order valence-electron chi connectivity index (χ2n) is 6.06. The molecule has 148 valence electrons. The van der Waals surface area contributed by atoms with Crippen molar-refractivity contribution in [1.82, 2.24) is 0 Å². The van der Waals surface area contributed by atoms with E-state index in [0.717, 1.165) is 18.2 Å². The van der Waals surface area contributed by atoms with Crippen LogP contribution in [0.3, 0.4) is 0 Å². The number of non-ortho nitro benzene ring substituents is 1. The smallest absolute Gasteiger partial charge is 0.378 e. The van der Waals surface area contributed by atoms with Crippen molar-refractivity contribution < 1.29 is 27.6 Å². The molecule has 0 radical (unpaired) electrons. The summed E-state index contributed by atoms with van der Waals surface area (Å²) in [5.41, 5.74) is -1.42. The third-order valence-electron chi connectivity index (χ3n) is 4.27. The highest BCUT2D eigenvalue weighted by Crippen LogP contribution is 2.35. The second kappa shape index (κ2) is 7.85. The van der Waals surface area contributed by atoms with E-state index >= 15 is 0 Å². The fourth-order valence-corrected chi connectivity index (χ4v) is 2.93. The molecule has 0 unspecified atom stereocenters. The Kier molecular flexibility index (Phi) is 5.50. The number of carbonyl (C=O) groups excluding carboxylic acids is 1. The number of carbonyl (C=O) groups is 1. The number of hydrogen-bond acceptors (Lipinski definition) is 5. The first-order valence-corrected chi connectivity index (χ1v) is 8.36. The van der Waals surface area contributed by atoms with Gasteiger partial charge in [0.2, 0.25) is 0 Å². The maximum Gasteiger partial charge on any atom is 0.418 e. The van der Waals surface area contributed by atoms with E-state index in [0.29, 0.717) is 32.0 Å². The summed E-state index contributed by atoms with van der Waals surface area (Å²) in [7, 11) is 0. The Hall–Kier alpha value is -3.14. The molecular weight excluding hydrogens is 379 g/mol. The van der Waals surface area contributed by atoms with Crippen LogP contribution in [0.4, 0.5) is 30.2 Å². The van der Waals surface area contributed by atoms with Gasteiger partial charge in [0.25, 0.3) is 11.6 Å². The van der Waals surface area contributed by atoms with E-state index < -0.39 is 28.3 Å². The number of rotatable bonds is 4. The summed E-state index contributed by atoms with van der Waals surface area (Å²) in [4.78, 5) is 25.0. The molecule has 1 amide bonds. The van der Waals surface area contributed by atoms with Gasteiger partial charge in [-0.25, -0.2) is 0 Å². The summed E-state index contributed by atoms with van der Waals surface area (Å²) in [5.74, 6) is -0.859. The van der Waals surface area contributed by atoms with Crippen LogP contribution in [-0.4, -0.2) is 37.1 Å². The van der Waals surface area contributed by atoms with Gasteiger partial charge in [-0.15, -0.1) is 0 Å². The molecule has 1 aliphatic rings. The fourth-order valence-electron chi connectivity index (χ4n) is 2.93. The van der Waals surface area contributed by atoms with Crippen LogP contribution in [0.2, 0.25) is 0 Å². The van der Waals surface area contributed by atoms with Gasteiger partial charge in [0, 0.05) is 25.2 Å². The molecule has 0 bridgehead atoms. The van der Waals surface area contributed by atoms with Crippen molar-refractivity contribution in [1.29, 1.82) is 0 Å². The molecular formula is C18H16F3N3O4. The highest BCUT2D eigenvalue weighted by Gasteiger charge is 2.34. The molecule has 1 saturated heterocycles. The zero-order valence-electron chi connectivity index (χ0n) is 14.5. The summed E-state index contributed by atoms with van der Waals surface area (Å²) < 4.78 is 44.8. The monoisotopic (exact) mass is 395 g/mol. The minimum absolute atomic E-state index is 0.0759. The number of anilines is 2. The predicted molar refractivity (Wildman–Crippen MR) is 95.5 cm³/mol. The molecule has 0 spiro atoms. The number of benzene rings is 2. The summed E-state index contributed by atoms with van der Waals surface area (Å²) in [6, 6.07) is 8.31. The van der Waals surface area contributed by atoms with Crippen molar-refractivity contribution in [2.75, 3.05) is 36.5 Å². The number of hydrogen-bond donors (Lipinski definition) is 1. The van der Waals surface area contributed by atoms with Crippen LogP contribution in [0.15, 0.2) is 42.5 Å². The molecule has 1 fully saturated rings. The zero-order chi connectivity index (χ0) is 20.3. The lowest BCUT2D eigenvalue weighted by molar-refractivity contribution is -0.384. The van der Waals surface area contributed by atoms with Crippen molar-refractivity contribution in [3.63, 3.8) is 0 Å². The van der Waals surface area contributed by atoms with Crippen LogP contribution in [0, 0.1) is 10.1 Å². The van der Waals surface area contributed by atoms with Gasteiger partial charge >= 0.3 is 6.18 Å². The SMILES string of the molecule is O=C(Nc1ccccc1C(F)(F)F)c1cc([N+](=O)[O-])ccc1N1CCOCC1. The Morgan fingerprint density at radius 1 is 1.14 bits per heavy atom. The van der Waals surface area contributed by atoms with Crippen molar-refractivity contribution in [3.8, 4) is 0 Å². The average Bonchev–Trinajstić information content (AvgIpc) is 2.67. The number of alkyl halides is 3. The number of halogens is 3. The average molecular weight is 395 g/mol. The van der Waals surface area contributed by atoms with E-state index in [1.165, 1.54) is 24.3 Å². The van der Waals surface area contributed by atoms with Crippen LogP contribution in [0.1, 0.15) is 15.9 Å². The third-order valence-corrected chi connectivity index (χ3v) is 4.27. The zero-order valence-corrected chi connectivity index (χ0v) is 14.5. The molecule has 0 aliphatic carbocycles. The van der Waals surface area contributed by atoms with Crippen LogP contribution in [-0.2, 0) is 10.9 Å². The molecule has 3 rings (SSSR count). The molecule has 1 heterocycles. The topological polar surface area (TPSA) is 84.7 Å². The fraction of sp³-hybridized carbons (Fsp3) is 0.278. The normalized spacial score (nSPS) is 14.6. The van der Waals surface area contributed by atoms with Gasteiger partial charge in [-0.1, -0.05) is 12.1 Å². The predicted octanol–water partition coefficient (Wildman–Crippen LogP) is 3.70. The summed E-state index contributed by atoms with van der Waals surface area (Å²) in [6.07, 6.45) is -4.65. The highest BCUT2D eigenvalue weighted by atomic mass is 19.4. The van der Waals surface area contributed by atoms with Crippen molar-refractivity contribution >= 4 is 23.0 Å². The van der Waals surface area contributed by atoms with E-state index in [9.17, 15) is 28.1 Å². The summed E-state index contributed by atoms with van der Waals surface area (Å²) in [5, 5.41) is 13.3. The quantitative estimate of drug-likeness (QED) is 0.630. The first kappa shape index (κ1) is 19.6. The lowest BCUT2D eigenvalue weighted by Gasteiger charge is -2.30. The first-order chi connectivity index (χ1) is 13.3. The molecule has 28 heavy (non-hydrogen) atoms. The van der Waals surface area contributed by atoms with Gasteiger partial charge in [0.05, 0.1) is 40.6 Å². The van der Waals surface area contributed by atoms with Crippen molar-refractivity contribution in [2.45, 2.75) is 6.18 Å². The maximum absolute atomic E-state index is 13.2. The third kappa shape index (κ3) is 4.22. The molecule has 10 heteroatoms. The van der Waals surface area contributed by atoms with Crippen molar-refractivity contribution in [3.05, 3.63) is 63.7 Å². The number of amides is 1. The Bertz CT molecular complexity index is 896. The number of nitrogens with zero attached hydrogens (tertiary/aromatic N) is 2. The van der Waals surface area contributed by atoms with Crippen LogP contribution < -0.4 is 10.2 Å². The van der Waals surface area contributed by atoms with Gasteiger partial charge in [-0.3, -0.25) is 14.9 Å². The molecule has 2 aromatic carbocycles. The molecule has 1 aliphatic heterocycles. The van der Waals surface area contributed by atoms with Gasteiger partial charge in [0.15, 0.2) is 0 Å². The Morgan fingerprint density at radius 3 is 2.46 bits per heavy atom. The van der Waals surface area contributed by atoms with Crippen molar-refractivity contribution in [2.24, 2.45) is 0 Å². The first-order valence-electron chi connectivity index (χ1n) is 8.36. The summed E-state index contributed by atoms with van der Waals surface area (Å²) >= 11 is 0. The number of morpholine rings is 1. The number of para-hydroxylation sites is 1. The largest absolute Gasteiger partial charge is 0.418 e. The van der Waals surface area contributed by atoms with E-state index in [4.69, 9.17) is 4.74 Å². The maximum atomic E-state index is 13.2. The molecule has 1 N–H and O–H groups in total. The Labute approximate surface area is 157 Å². The molecule has 0 saturated carbocycles. The van der Waals surface area contributed by atoms with Gasteiger partial charge in [0.1, 0.15) is 0 Å². The van der Waals surface area contributed by atoms with E-state index in [-0.39, 0.29) is 11.3 Å². The van der Waals surface area contributed by atoms with Crippen LogP contribution >= 0.6 is 0 Å². The number of nitro benzene ring substituents is 1. The molecule has 0 aromatic heterocycles. The number of nitro groups is 1. The number of ether oxygens (including phenoxy) is 1.